The lowest BCUT2D eigenvalue weighted by molar-refractivity contribution is 0.703. The first-order chi connectivity index (χ1) is 9.19. The van der Waals surface area contributed by atoms with Gasteiger partial charge in [0, 0.05) is 0 Å². The summed E-state index contributed by atoms with van der Waals surface area (Å²) in [7, 11) is -0.0922. The van der Waals surface area contributed by atoms with Crippen LogP contribution in [0.5, 0.6) is 0 Å². The average Bonchev–Trinajstić information content (AvgIpc) is 2.33. The van der Waals surface area contributed by atoms with E-state index in [4.69, 9.17) is 0 Å². The zero-order valence-corrected chi connectivity index (χ0v) is 14.6. The van der Waals surface area contributed by atoms with Gasteiger partial charge < -0.3 is 0 Å². The van der Waals surface area contributed by atoms with E-state index in [1.807, 2.05) is 0 Å². The molecule has 2 aromatic carbocycles. The number of rotatable bonds is 2. The van der Waals surface area contributed by atoms with Crippen LogP contribution in [0, 0.1) is 0 Å². The van der Waals surface area contributed by atoms with Crippen molar-refractivity contribution in [3.05, 3.63) is 48.0 Å². The second kappa shape index (κ2) is 5.49. The van der Waals surface area contributed by atoms with Crippen LogP contribution in [0.25, 0.3) is 10.8 Å². The van der Waals surface area contributed by atoms with E-state index in [0.717, 1.165) is 0 Å². The van der Waals surface area contributed by atoms with Crippen molar-refractivity contribution >= 4 is 18.7 Å². The van der Waals surface area contributed by atoms with Gasteiger partial charge in [-0.3, -0.25) is 0 Å². The molecule has 0 fully saturated rings. The predicted molar refractivity (Wildman–Crippen MR) is 94.1 cm³/mol. The van der Waals surface area contributed by atoms with Gasteiger partial charge in [-0.2, -0.15) is 0 Å². The topological polar surface area (TPSA) is 0 Å². The minimum Gasteiger partial charge on any atom is -0.0911 e. The lowest BCUT2D eigenvalue weighted by atomic mass is 10.1. The van der Waals surface area contributed by atoms with Gasteiger partial charge in [0.2, 0.25) is 0 Å². The first-order valence-electron chi connectivity index (χ1n) is 7.44. The molecule has 0 aliphatic rings. The van der Waals surface area contributed by atoms with Gasteiger partial charge in [-0.1, -0.05) is 91.9 Å². The van der Waals surface area contributed by atoms with Crippen LogP contribution in [0.2, 0.25) is 0 Å². The number of hydrogen-bond donors (Lipinski definition) is 0. The van der Waals surface area contributed by atoms with E-state index in [0.29, 0.717) is 10.3 Å². The Morgan fingerprint density at radius 3 is 1.90 bits per heavy atom. The molecule has 0 radical (unpaired) electrons. The quantitative estimate of drug-likeness (QED) is 0.559. The van der Waals surface area contributed by atoms with Crippen LogP contribution in [0.15, 0.2) is 42.5 Å². The zero-order valence-electron chi connectivity index (χ0n) is 13.7. The molecular weight excluding hydrogens is 259 g/mol. The van der Waals surface area contributed by atoms with Gasteiger partial charge in [-0.15, -0.1) is 0 Å². The normalized spacial score (nSPS) is 13.2. The molecular formula is C19H27P. The van der Waals surface area contributed by atoms with Crippen LogP contribution in [-0.2, 0) is 6.16 Å². The third kappa shape index (κ3) is 3.41. The van der Waals surface area contributed by atoms with Gasteiger partial charge in [0.15, 0.2) is 0 Å². The summed E-state index contributed by atoms with van der Waals surface area (Å²) in [6, 6.07) is 15.5. The molecule has 2 rings (SSSR count). The Labute approximate surface area is 125 Å². The average molecular weight is 286 g/mol. The Hall–Kier alpha value is -0.870. The molecule has 0 aromatic heterocycles. The van der Waals surface area contributed by atoms with Gasteiger partial charge in [0.1, 0.15) is 0 Å². The Kier molecular flexibility index (Phi) is 4.26. The summed E-state index contributed by atoms with van der Waals surface area (Å²) < 4.78 is 0. The van der Waals surface area contributed by atoms with Crippen molar-refractivity contribution < 1.29 is 0 Å². The van der Waals surface area contributed by atoms with Crippen molar-refractivity contribution in [1.29, 1.82) is 0 Å². The molecule has 0 saturated heterocycles. The minimum absolute atomic E-state index is 0.0922. The van der Waals surface area contributed by atoms with Gasteiger partial charge in [-0.05, 0) is 32.8 Å². The molecule has 0 unspecified atom stereocenters. The van der Waals surface area contributed by atoms with Crippen LogP contribution in [0.1, 0.15) is 47.1 Å². The van der Waals surface area contributed by atoms with E-state index >= 15 is 0 Å². The molecule has 0 bridgehead atoms. The van der Waals surface area contributed by atoms with Crippen molar-refractivity contribution in [2.45, 2.75) is 58.0 Å². The highest BCUT2D eigenvalue weighted by Gasteiger charge is 2.34. The second-order valence-corrected chi connectivity index (χ2v) is 11.4. The fourth-order valence-corrected chi connectivity index (χ4v) is 6.66. The molecule has 0 amide bonds. The smallest absolute Gasteiger partial charge is 0.00575 e. The molecule has 0 aliphatic heterocycles. The lowest BCUT2D eigenvalue weighted by Gasteiger charge is -2.42. The highest BCUT2D eigenvalue weighted by atomic mass is 31.1. The molecule has 2 aromatic rings. The van der Waals surface area contributed by atoms with Crippen molar-refractivity contribution in [3.63, 3.8) is 0 Å². The summed E-state index contributed by atoms with van der Waals surface area (Å²) in [4.78, 5) is 0. The predicted octanol–water partition coefficient (Wildman–Crippen LogP) is 6.42. The molecule has 0 nitrogen and oxygen atoms in total. The number of hydrogen-bond acceptors (Lipinski definition) is 0. The van der Waals surface area contributed by atoms with Gasteiger partial charge in [-0.25, -0.2) is 0 Å². The summed E-state index contributed by atoms with van der Waals surface area (Å²) >= 11 is 0. The van der Waals surface area contributed by atoms with E-state index in [2.05, 4.69) is 84.0 Å². The second-order valence-electron chi connectivity index (χ2n) is 7.57. The number of benzene rings is 2. The zero-order chi connectivity index (χ0) is 15.0. The van der Waals surface area contributed by atoms with Crippen molar-refractivity contribution in [2.24, 2.45) is 0 Å². The maximum absolute atomic E-state index is 2.40. The maximum Gasteiger partial charge on any atom is -0.00575 e. The molecule has 0 spiro atoms. The van der Waals surface area contributed by atoms with Crippen LogP contribution in [0.3, 0.4) is 0 Å². The standard InChI is InChI=1S/C19H27P/c1-18(2,3)20(19(4,5)6)14-16-12-9-11-15-10-7-8-13-17(15)16/h7-13H,14H2,1-6H3. The largest absolute Gasteiger partial charge is 0.0911 e. The molecule has 0 heterocycles. The third-order valence-electron chi connectivity index (χ3n) is 3.83. The van der Waals surface area contributed by atoms with Gasteiger partial charge in [0.05, 0.1) is 0 Å². The van der Waals surface area contributed by atoms with E-state index in [-0.39, 0.29) is 7.92 Å². The van der Waals surface area contributed by atoms with Crippen molar-refractivity contribution in [1.82, 2.24) is 0 Å². The Morgan fingerprint density at radius 1 is 0.750 bits per heavy atom. The number of fused-ring (bicyclic) bond motifs is 1. The highest BCUT2D eigenvalue weighted by Crippen LogP contribution is 2.61. The molecule has 0 N–H and O–H groups in total. The summed E-state index contributed by atoms with van der Waals surface area (Å²) in [5, 5.41) is 3.55. The Bertz CT molecular complexity index is 565. The minimum atomic E-state index is -0.0922. The van der Waals surface area contributed by atoms with Crippen LogP contribution < -0.4 is 0 Å². The first kappa shape index (κ1) is 15.5. The molecule has 0 atom stereocenters. The fourth-order valence-electron chi connectivity index (χ4n) is 3.08. The molecule has 0 saturated carbocycles. The maximum atomic E-state index is 2.40. The van der Waals surface area contributed by atoms with E-state index in [1.54, 1.807) is 0 Å². The first-order valence-corrected chi connectivity index (χ1v) is 8.97. The Balaban J connectivity index is 2.44. The van der Waals surface area contributed by atoms with Crippen LogP contribution in [0.4, 0.5) is 0 Å². The van der Waals surface area contributed by atoms with E-state index in [1.165, 1.54) is 22.5 Å². The van der Waals surface area contributed by atoms with Gasteiger partial charge >= 0.3 is 0 Å². The lowest BCUT2D eigenvalue weighted by Crippen LogP contribution is -2.25. The molecule has 20 heavy (non-hydrogen) atoms. The van der Waals surface area contributed by atoms with Crippen molar-refractivity contribution in [3.8, 4) is 0 Å². The van der Waals surface area contributed by atoms with E-state index < -0.39 is 0 Å². The summed E-state index contributed by atoms with van der Waals surface area (Å²) in [6.07, 6.45) is 1.21. The molecule has 0 aliphatic carbocycles. The van der Waals surface area contributed by atoms with E-state index in [9.17, 15) is 0 Å². The van der Waals surface area contributed by atoms with Crippen LogP contribution >= 0.6 is 7.92 Å². The van der Waals surface area contributed by atoms with Gasteiger partial charge in [0.25, 0.3) is 0 Å². The van der Waals surface area contributed by atoms with Crippen molar-refractivity contribution in [2.75, 3.05) is 0 Å². The SMILES string of the molecule is CC(C)(C)P(Cc1cccc2ccccc12)C(C)(C)C. The van der Waals surface area contributed by atoms with Crippen LogP contribution in [-0.4, -0.2) is 10.3 Å². The third-order valence-corrected chi connectivity index (χ3v) is 7.72. The summed E-state index contributed by atoms with van der Waals surface area (Å²) in [5.74, 6) is 0. The molecule has 1 heteroatoms. The highest BCUT2D eigenvalue weighted by molar-refractivity contribution is 7.60. The molecule has 108 valence electrons. The summed E-state index contributed by atoms with van der Waals surface area (Å²) in [5.41, 5.74) is 1.51. The monoisotopic (exact) mass is 286 g/mol. The Morgan fingerprint density at radius 2 is 1.30 bits per heavy atom. The summed E-state index contributed by atoms with van der Waals surface area (Å²) in [6.45, 7) is 14.4. The fraction of sp³-hybridized carbons (Fsp3) is 0.474.